The lowest BCUT2D eigenvalue weighted by Gasteiger charge is -2.18. The molecule has 1 unspecified atom stereocenters. The Hall–Kier alpha value is -1.14. The minimum atomic E-state index is -4.08. The predicted octanol–water partition coefficient (Wildman–Crippen LogP) is 4.68. The van der Waals surface area contributed by atoms with Gasteiger partial charge in [0.05, 0.1) is 10.2 Å². The minimum absolute atomic E-state index is 0.0682. The third kappa shape index (κ3) is 4.18. The van der Waals surface area contributed by atoms with Crippen molar-refractivity contribution in [1.82, 2.24) is 10.3 Å². The van der Waals surface area contributed by atoms with Crippen LogP contribution in [0.2, 0.25) is 0 Å². The minimum Gasteiger partial charge on any atom is -0.310 e. The van der Waals surface area contributed by atoms with E-state index >= 15 is 0 Å². The van der Waals surface area contributed by atoms with Crippen molar-refractivity contribution in [3.63, 3.8) is 0 Å². The highest BCUT2D eigenvalue weighted by molar-refractivity contribution is 7.17. The van der Waals surface area contributed by atoms with Crippen LogP contribution in [-0.2, 0) is 0 Å². The van der Waals surface area contributed by atoms with E-state index in [2.05, 4.69) is 10.3 Å². The zero-order chi connectivity index (χ0) is 14.6. The Morgan fingerprint density at radius 2 is 2.20 bits per heavy atom. The summed E-state index contributed by atoms with van der Waals surface area (Å²) in [4.78, 5) is 4.35. The Bertz CT molecular complexity index is 551. The molecule has 0 radical (unpaired) electrons. The van der Waals surface area contributed by atoms with Crippen molar-refractivity contribution in [3.8, 4) is 0 Å². The number of pyridine rings is 1. The molecule has 2 aromatic rings. The largest absolute Gasteiger partial charge is 0.389 e. The van der Waals surface area contributed by atoms with Gasteiger partial charge in [-0.2, -0.15) is 13.2 Å². The maximum Gasteiger partial charge on any atom is 0.389 e. The van der Waals surface area contributed by atoms with Crippen LogP contribution in [0, 0.1) is 0 Å². The third-order valence-corrected chi connectivity index (χ3v) is 3.98. The summed E-state index contributed by atoms with van der Waals surface area (Å²) in [6.45, 7) is 2.67. The molecule has 2 heterocycles. The maximum atomic E-state index is 12.2. The van der Waals surface area contributed by atoms with Crippen LogP contribution in [-0.4, -0.2) is 17.7 Å². The summed E-state index contributed by atoms with van der Waals surface area (Å²) in [6.07, 6.45) is -2.46. The van der Waals surface area contributed by atoms with Gasteiger partial charge in [-0.15, -0.1) is 11.3 Å². The van der Waals surface area contributed by atoms with Crippen LogP contribution in [0.1, 0.15) is 37.8 Å². The van der Waals surface area contributed by atoms with Crippen LogP contribution < -0.4 is 5.32 Å². The van der Waals surface area contributed by atoms with Gasteiger partial charge in [0.15, 0.2) is 0 Å². The van der Waals surface area contributed by atoms with Gasteiger partial charge in [-0.25, -0.2) is 0 Å². The summed E-state index contributed by atoms with van der Waals surface area (Å²) in [5.41, 5.74) is 1.90. The van der Waals surface area contributed by atoms with Crippen molar-refractivity contribution < 1.29 is 13.2 Å². The Labute approximate surface area is 120 Å². The molecule has 0 aliphatic rings. The van der Waals surface area contributed by atoms with Crippen molar-refractivity contribution in [2.24, 2.45) is 0 Å². The monoisotopic (exact) mass is 302 g/mol. The van der Waals surface area contributed by atoms with Gasteiger partial charge in [-0.05, 0) is 42.5 Å². The number of hydrogen-bond donors (Lipinski definition) is 1. The van der Waals surface area contributed by atoms with Crippen molar-refractivity contribution in [2.75, 3.05) is 6.54 Å². The van der Waals surface area contributed by atoms with E-state index in [0.717, 1.165) is 22.3 Å². The second kappa shape index (κ2) is 6.54. The van der Waals surface area contributed by atoms with E-state index < -0.39 is 12.6 Å². The number of nitrogens with zero attached hydrogens (tertiary/aromatic N) is 1. The average molecular weight is 302 g/mol. The maximum absolute atomic E-state index is 12.2. The fraction of sp³-hybridized carbons (Fsp3) is 0.500. The fourth-order valence-electron chi connectivity index (χ4n) is 2.19. The van der Waals surface area contributed by atoms with E-state index in [4.69, 9.17) is 0 Å². The molecule has 20 heavy (non-hydrogen) atoms. The van der Waals surface area contributed by atoms with Gasteiger partial charge in [0.2, 0.25) is 0 Å². The van der Waals surface area contributed by atoms with E-state index in [1.54, 1.807) is 17.5 Å². The smallest absolute Gasteiger partial charge is 0.310 e. The molecule has 110 valence electrons. The number of thiophene rings is 1. The molecule has 2 aromatic heterocycles. The van der Waals surface area contributed by atoms with Gasteiger partial charge >= 0.3 is 6.18 Å². The SMILES string of the molecule is CCNC(CCCC(F)(F)F)c1cnc2ccsc2c1. The van der Waals surface area contributed by atoms with E-state index in [-0.39, 0.29) is 12.5 Å². The van der Waals surface area contributed by atoms with Crippen LogP contribution in [0.15, 0.2) is 23.7 Å². The molecule has 0 bridgehead atoms. The third-order valence-electron chi connectivity index (χ3n) is 3.13. The Morgan fingerprint density at radius 1 is 1.40 bits per heavy atom. The van der Waals surface area contributed by atoms with Crippen LogP contribution in [0.4, 0.5) is 13.2 Å². The first-order valence-corrected chi connectivity index (χ1v) is 7.51. The quantitative estimate of drug-likeness (QED) is 0.838. The molecule has 0 saturated carbocycles. The first-order valence-electron chi connectivity index (χ1n) is 6.63. The van der Waals surface area contributed by atoms with Gasteiger partial charge < -0.3 is 5.32 Å². The molecule has 2 rings (SSSR count). The fourth-order valence-corrected chi connectivity index (χ4v) is 2.98. The second-order valence-electron chi connectivity index (χ2n) is 4.69. The van der Waals surface area contributed by atoms with Gasteiger partial charge in [0.1, 0.15) is 0 Å². The number of alkyl halides is 3. The summed E-state index contributed by atoms with van der Waals surface area (Å²) < 4.78 is 37.8. The van der Waals surface area contributed by atoms with Crippen LogP contribution >= 0.6 is 11.3 Å². The Morgan fingerprint density at radius 3 is 2.90 bits per heavy atom. The van der Waals surface area contributed by atoms with Crippen LogP contribution in [0.25, 0.3) is 10.2 Å². The topological polar surface area (TPSA) is 24.9 Å². The molecule has 0 fully saturated rings. The van der Waals surface area contributed by atoms with Gasteiger partial charge in [0, 0.05) is 18.7 Å². The van der Waals surface area contributed by atoms with Gasteiger partial charge in [-0.3, -0.25) is 4.98 Å². The number of halogens is 3. The molecule has 1 atom stereocenters. The molecule has 0 aliphatic carbocycles. The molecular formula is C14H17F3N2S. The summed E-state index contributed by atoms with van der Waals surface area (Å²) in [7, 11) is 0. The molecule has 0 amide bonds. The normalized spacial score (nSPS) is 13.8. The number of rotatable bonds is 6. The summed E-state index contributed by atoms with van der Waals surface area (Å²) in [5, 5.41) is 5.20. The van der Waals surface area contributed by atoms with E-state index in [1.165, 1.54) is 0 Å². The first-order chi connectivity index (χ1) is 9.49. The lowest BCUT2D eigenvalue weighted by atomic mass is 10.0. The van der Waals surface area contributed by atoms with Crippen molar-refractivity contribution in [1.29, 1.82) is 0 Å². The van der Waals surface area contributed by atoms with E-state index in [9.17, 15) is 13.2 Å². The number of fused-ring (bicyclic) bond motifs is 1. The highest BCUT2D eigenvalue weighted by atomic mass is 32.1. The highest BCUT2D eigenvalue weighted by Gasteiger charge is 2.26. The second-order valence-corrected chi connectivity index (χ2v) is 5.64. The lowest BCUT2D eigenvalue weighted by molar-refractivity contribution is -0.135. The molecule has 2 nitrogen and oxygen atoms in total. The van der Waals surface area contributed by atoms with Gasteiger partial charge in [0.25, 0.3) is 0 Å². The first kappa shape index (κ1) is 15.3. The van der Waals surface area contributed by atoms with Crippen LogP contribution in [0.3, 0.4) is 0 Å². The molecule has 0 saturated heterocycles. The Kier molecular flexibility index (Phi) is 4.99. The molecule has 0 aromatic carbocycles. The number of hydrogen-bond acceptors (Lipinski definition) is 3. The predicted molar refractivity (Wildman–Crippen MR) is 75.9 cm³/mol. The zero-order valence-electron chi connectivity index (χ0n) is 11.2. The molecule has 1 N–H and O–H groups in total. The molecule has 0 aliphatic heterocycles. The molecule has 0 spiro atoms. The molecular weight excluding hydrogens is 285 g/mol. The van der Waals surface area contributed by atoms with Crippen molar-refractivity contribution >= 4 is 21.6 Å². The zero-order valence-corrected chi connectivity index (χ0v) is 12.0. The summed E-state index contributed by atoms with van der Waals surface area (Å²) in [6, 6.07) is 3.89. The van der Waals surface area contributed by atoms with Crippen LogP contribution in [0.5, 0.6) is 0 Å². The van der Waals surface area contributed by atoms with Crippen molar-refractivity contribution in [3.05, 3.63) is 29.3 Å². The van der Waals surface area contributed by atoms with Crippen molar-refractivity contribution in [2.45, 2.75) is 38.4 Å². The van der Waals surface area contributed by atoms with E-state index in [1.807, 2.05) is 24.4 Å². The summed E-state index contributed by atoms with van der Waals surface area (Å²) in [5.74, 6) is 0. The lowest BCUT2D eigenvalue weighted by Crippen LogP contribution is -2.21. The molecule has 6 heteroatoms. The van der Waals surface area contributed by atoms with E-state index in [0.29, 0.717) is 6.42 Å². The van der Waals surface area contributed by atoms with Gasteiger partial charge in [-0.1, -0.05) is 6.92 Å². The number of aromatic nitrogens is 1. The average Bonchev–Trinajstić information content (AvgIpc) is 2.83. The summed E-state index contributed by atoms with van der Waals surface area (Å²) >= 11 is 1.59. The Balaban J connectivity index is 2.06. The highest BCUT2D eigenvalue weighted by Crippen LogP contribution is 2.28. The standard InChI is InChI=1S/C14H17F3N2S/c1-2-18-11(4-3-6-14(15,16)17)10-8-13-12(19-9-10)5-7-20-13/h5,7-9,11,18H,2-4,6H2,1H3. The number of nitrogens with one attached hydrogen (secondary N) is 1.